The second-order valence-corrected chi connectivity index (χ2v) is 7.92. The Kier molecular flexibility index (Phi) is 4.84. The summed E-state index contributed by atoms with van der Waals surface area (Å²) in [4.78, 5) is 14.2. The van der Waals surface area contributed by atoms with E-state index in [-0.39, 0.29) is 11.4 Å². The van der Waals surface area contributed by atoms with E-state index in [1.165, 1.54) is 5.56 Å². The molecule has 5 nitrogen and oxygen atoms in total. The molecule has 2 rings (SSSR count). The molecule has 126 valence electrons. The molecule has 1 aromatic heterocycles. The van der Waals surface area contributed by atoms with Gasteiger partial charge in [-0.2, -0.15) is 10.4 Å². The molecule has 0 aliphatic carbocycles. The van der Waals surface area contributed by atoms with Crippen LogP contribution in [0, 0.1) is 22.7 Å². The van der Waals surface area contributed by atoms with E-state index < -0.39 is 5.41 Å². The van der Waals surface area contributed by atoms with Crippen LogP contribution in [0.5, 0.6) is 0 Å². The summed E-state index contributed by atoms with van der Waals surface area (Å²) in [5.41, 5.74) is 0.275. The maximum atomic E-state index is 12.4. The smallest absolute Gasteiger partial charge is 0.242 e. The first-order chi connectivity index (χ1) is 10.7. The van der Waals surface area contributed by atoms with Crippen LogP contribution in [0.3, 0.4) is 0 Å². The van der Waals surface area contributed by atoms with Crippen molar-refractivity contribution in [2.24, 2.45) is 11.3 Å². The third-order valence-corrected chi connectivity index (χ3v) is 4.78. The number of hydrogen-bond acceptors (Lipinski definition) is 3. The molecule has 0 N–H and O–H groups in total. The molecule has 5 heteroatoms. The molecule has 0 atom stereocenters. The number of rotatable bonds is 4. The number of aromatic nitrogens is 2. The van der Waals surface area contributed by atoms with Crippen molar-refractivity contribution < 1.29 is 4.79 Å². The van der Waals surface area contributed by atoms with Crippen molar-refractivity contribution in [2.75, 3.05) is 13.1 Å². The van der Waals surface area contributed by atoms with Crippen LogP contribution >= 0.6 is 0 Å². The van der Waals surface area contributed by atoms with Gasteiger partial charge in [-0.15, -0.1) is 0 Å². The molecular weight excluding hydrogens is 288 g/mol. The standard InChI is InChI=1S/C18H28N4O/c1-14(2)10-15-11-20-22(12-15)18(5)6-8-21(9-7-18)16(23)17(3,4)13-19/h11-12,14H,6-10H2,1-5H3. The number of carbonyl (C=O) groups excluding carboxylic acids is 1. The van der Waals surface area contributed by atoms with E-state index in [0.717, 1.165) is 19.3 Å². The van der Waals surface area contributed by atoms with Gasteiger partial charge in [-0.3, -0.25) is 9.48 Å². The van der Waals surface area contributed by atoms with Gasteiger partial charge in [0.2, 0.25) is 5.91 Å². The van der Waals surface area contributed by atoms with E-state index in [2.05, 4.69) is 42.8 Å². The predicted octanol–water partition coefficient (Wildman–Crippen LogP) is 2.97. The second kappa shape index (κ2) is 6.35. The maximum absolute atomic E-state index is 12.4. The minimum Gasteiger partial charge on any atom is -0.341 e. The summed E-state index contributed by atoms with van der Waals surface area (Å²) in [6.07, 6.45) is 6.88. The lowest BCUT2D eigenvalue weighted by atomic mass is 9.87. The average Bonchev–Trinajstić information content (AvgIpc) is 2.96. The molecule has 1 saturated heterocycles. The van der Waals surface area contributed by atoms with Crippen LogP contribution in [0.15, 0.2) is 12.4 Å². The van der Waals surface area contributed by atoms with E-state index in [9.17, 15) is 4.79 Å². The lowest BCUT2D eigenvalue weighted by Crippen LogP contribution is -2.50. The molecule has 0 radical (unpaired) electrons. The molecule has 1 aliphatic rings. The summed E-state index contributed by atoms with van der Waals surface area (Å²) in [7, 11) is 0. The lowest BCUT2D eigenvalue weighted by molar-refractivity contribution is -0.139. The fourth-order valence-electron chi connectivity index (χ4n) is 3.10. The summed E-state index contributed by atoms with van der Waals surface area (Å²) in [6.45, 7) is 11.4. The molecule has 0 bridgehead atoms. The zero-order valence-corrected chi connectivity index (χ0v) is 15.0. The number of hydrogen-bond donors (Lipinski definition) is 0. The Labute approximate surface area is 139 Å². The summed E-state index contributed by atoms with van der Waals surface area (Å²) < 4.78 is 2.07. The van der Waals surface area contributed by atoms with Gasteiger partial charge in [0, 0.05) is 19.3 Å². The van der Waals surface area contributed by atoms with Gasteiger partial charge in [0.05, 0.1) is 17.8 Å². The Morgan fingerprint density at radius 3 is 2.57 bits per heavy atom. The molecule has 1 fully saturated rings. The Morgan fingerprint density at radius 2 is 2.04 bits per heavy atom. The van der Waals surface area contributed by atoms with Gasteiger partial charge in [-0.25, -0.2) is 0 Å². The summed E-state index contributed by atoms with van der Waals surface area (Å²) in [6, 6.07) is 2.10. The zero-order valence-electron chi connectivity index (χ0n) is 15.0. The minimum atomic E-state index is -0.941. The third kappa shape index (κ3) is 3.74. The van der Waals surface area contributed by atoms with Crippen molar-refractivity contribution in [1.82, 2.24) is 14.7 Å². The topological polar surface area (TPSA) is 61.9 Å². The fourth-order valence-corrected chi connectivity index (χ4v) is 3.10. The van der Waals surface area contributed by atoms with Crippen LogP contribution in [0.1, 0.15) is 53.0 Å². The summed E-state index contributed by atoms with van der Waals surface area (Å²) >= 11 is 0. The van der Waals surface area contributed by atoms with Crippen LogP contribution in [-0.2, 0) is 16.8 Å². The van der Waals surface area contributed by atoms with Crippen molar-refractivity contribution in [2.45, 2.75) is 59.4 Å². The highest BCUT2D eigenvalue weighted by Gasteiger charge is 2.38. The van der Waals surface area contributed by atoms with Gasteiger partial charge < -0.3 is 4.90 Å². The predicted molar refractivity (Wildman–Crippen MR) is 89.6 cm³/mol. The summed E-state index contributed by atoms with van der Waals surface area (Å²) in [5, 5.41) is 13.7. The number of piperidine rings is 1. The highest BCUT2D eigenvalue weighted by atomic mass is 16.2. The Bertz CT molecular complexity index is 601. The van der Waals surface area contributed by atoms with Gasteiger partial charge in [0.25, 0.3) is 0 Å². The van der Waals surface area contributed by atoms with Crippen LogP contribution in [0.25, 0.3) is 0 Å². The molecule has 1 amide bonds. The molecule has 0 aromatic carbocycles. The second-order valence-electron chi connectivity index (χ2n) is 7.92. The van der Waals surface area contributed by atoms with E-state index in [0.29, 0.717) is 19.0 Å². The Balaban J connectivity index is 2.04. The van der Waals surface area contributed by atoms with Gasteiger partial charge in [-0.05, 0) is 51.5 Å². The van der Waals surface area contributed by atoms with Gasteiger partial charge in [0.1, 0.15) is 5.41 Å². The Hall–Kier alpha value is -1.83. The number of carbonyl (C=O) groups is 1. The van der Waals surface area contributed by atoms with Crippen molar-refractivity contribution in [3.8, 4) is 6.07 Å². The molecule has 1 aromatic rings. The minimum absolute atomic E-state index is 0.0528. The SMILES string of the molecule is CC(C)Cc1cnn(C2(C)CCN(C(=O)C(C)(C)C#N)CC2)c1. The number of nitriles is 1. The monoisotopic (exact) mass is 316 g/mol. The Morgan fingerprint density at radius 1 is 1.43 bits per heavy atom. The largest absolute Gasteiger partial charge is 0.341 e. The molecular formula is C18H28N4O. The number of nitrogens with zero attached hydrogens (tertiary/aromatic N) is 4. The van der Waals surface area contributed by atoms with Gasteiger partial charge in [-0.1, -0.05) is 13.8 Å². The number of likely N-dealkylation sites (tertiary alicyclic amines) is 1. The van der Waals surface area contributed by atoms with Crippen molar-refractivity contribution >= 4 is 5.91 Å². The van der Waals surface area contributed by atoms with Crippen molar-refractivity contribution in [1.29, 1.82) is 5.26 Å². The normalized spacial score (nSPS) is 18.0. The average molecular weight is 316 g/mol. The molecule has 0 saturated carbocycles. The number of amides is 1. The zero-order chi connectivity index (χ0) is 17.3. The van der Waals surface area contributed by atoms with E-state index >= 15 is 0 Å². The highest BCUT2D eigenvalue weighted by Crippen LogP contribution is 2.31. The quantitative estimate of drug-likeness (QED) is 0.858. The van der Waals surface area contributed by atoms with Crippen LogP contribution < -0.4 is 0 Å². The van der Waals surface area contributed by atoms with Crippen molar-refractivity contribution in [3.05, 3.63) is 18.0 Å². The first kappa shape index (κ1) is 17.5. The summed E-state index contributed by atoms with van der Waals surface area (Å²) in [5.74, 6) is 0.552. The molecule has 23 heavy (non-hydrogen) atoms. The van der Waals surface area contributed by atoms with E-state index in [1.807, 2.05) is 11.1 Å². The van der Waals surface area contributed by atoms with Crippen molar-refractivity contribution in [3.63, 3.8) is 0 Å². The first-order valence-electron chi connectivity index (χ1n) is 8.42. The van der Waals surface area contributed by atoms with Crippen LogP contribution in [-0.4, -0.2) is 33.7 Å². The fraction of sp³-hybridized carbons (Fsp3) is 0.722. The van der Waals surface area contributed by atoms with E-state index in [4.69, 9.17) is 5.26 Å². The third-order valence-electron chi connectivity index (χ3n) is 4.78. The highest BCUT2D eigenvalue weighted by molar-refractivity contribution is 5.84. The maximum Gasteiger partial charge on any atom is 0.242 e. The van der Waals surface area contributed by atoms with Gasteiger partial charge in [0.15, 0.2) is 0 Å². The molecule has 0 unspecified atom stereocenters. The first-order valence-corrected chi connectivity index (χ1v) is 8.42. The van der Waals surface area contributed by atoms with Crippen LogP contribution in [0.2, 0.25) is 0 Å². The molecule has 2 heterocycles. The van der Waals surface area contributed by atoms with Crippen LogP contribution in [0.4, 0.5) is 0 Å². The van der Waals surface area contributed by atoms with Gasteiger partial charge >= 0.3 is 0 Å². The molecule has 1 aliphatic heterocycles. The van der Waals surface area contributed by atoms with E-state index in [1.54, 1.807) is 13.8 Å². The molecule has 0 spiro atoms. The lowest BCUT2D eigenvalue weighted by Gasteiger charge is -2.41.